The number of hydrogen-bond donors (Lipinski definition) is 0. The number of benzene rings is 2. The van der Waals surface area contributed by atoms with Gasteiger partial charge in [0.2, 0.25) is 5.91 Å². The van der Waals surface area contributed by atoms with Crippen LogP contribution in [-0.4, -0.2) is 19.1 Å². The second-order valence-electron chi connectivity index (χ2n) is 7.70. The third kappa shape index (κ3) is 3.55. The monoisotopic (exact) mass is 425 g/mol. The quantitative estimate of drug-likeness (QED) is 0.644. The fourth-order valence-corrected chi connectivity index (χ4v) is 4.21. The molecule has 1 saturated carbocycles. The third-order valence-corrected chi connectivity index (χ3v) is 6.32. The first-order chi connectivity index (χ1) is 13.0. The van der Waals surface area contributed by atoms with E-state index < -0.39 is 0 Å². The molecular weight excluding hydrogens is 402 g/mol. The van der Waals surface area contributed by atoms with E-state index in [0.29, 0.717) is 19.1 Å². The summed E-state index contributed by atoms with van der Waals surface area (Å²) in [6.45, 7) is 7.53. The highest BCUT2D eigenvalue weighted by Gasteiger charge is 2.46. The van der Waals surface area contributed by atoms with E-state index in [1.807, 2.05) is 35.2 Å². The maximum Gasteiger partial charge on any atom is 0.230 e. The van der Waals surface area contributed by atoms with E-state index in [1.54, 1.807) is 0 Å². The van der Waals surface area contributed by atoms with Gasteiger partial charge in [-0.1, -0.05) is 45.8 Å². The molecule has 2 aliphatic rings. The second-order valence-corrected chi connectivity index (χ2v) is 8.55. The maximum absolute atomic E-state index is 13.2. The first-order valence-electron chi connectivity index (χ1n) is 9.42. The number of fused-ring (bicyclic) bond motifs is 1. The Bertz CT molecular complexity index is 934. The van der Waals surface area contributed by atoms with Gasteiger partial charge in [0.25, 0.3) is 0 Å². The number of halogens is 1. The first-order valence-corrected chi connectivity index (χ1v) is 10.2. The van der Waals surface area contributed by atoms with Gasteiger partial charge in [0.1, 0.15) is 5.75 Å². The molecule has 0 N–H and O–H groups in total. The minimum atomic E-state index is 0.0628. The molecule has 0 saturated heterocycles. The van der Waals surface area contributed by atoms with Crippen LogP contribution in [0, 0.1) is 25.7 Å². The highest BCUT2D eigenvalue weighted by molar-refractivity contribution is 9.10. The summed E-state index contributed by atoms with van der Waals surface area (Å²) >= 11 is 3.61. The van der Waals surface area contributed by atoms with Crippen molar-refractivity contribution in [2.24, 2.45) is 11.8 Å². The van der Waals surface area contributed by atoms with Crippen LogP contribution in [0.5, 0.6) is 5.75 Å². The SMILES string of the molecule is CC1=Cc2c(Br)cccc2N(C(=O)C2CC2COc2cccc(C)c2C)C1. The zero-order valence-corrected chi connectivity index (χ0v) is 17.5. The number of rotatable bonds is 4. The normalized spacial score (nSPS) is 20.7. The van der Waals surface area contributed by atoms with E-state index in [-0.39, 0.29) is 11.8 Å². The molecular formula is C23H24BrNO2. The van der Waals surface area contributed by atoms with E-state index in [1.165, 1.54) is 16.7 Å². The van der Waals surface area contributed by atoms with Gasteiger partial charge in [0, 0.05) is 28.4 Å². The summed E-state index contributed by atoms with van der Waals surface area (Å²) in [4.78, 5) is 15.1. The summed E-state index contributed by atoms with van der Waals surface area (Å²) in [5, 5.41) is 0. The van der Waals surface area contributed by atoms with Gasteiger partial charge in [-0.3, -0.25) is 4.79 Å². The van der Waals surface area contributed by atoms with Crippen LogP contribution in [0.4, 0.5) is 5.69 Å². The predicted molar refractivity (Wildman–Crippen MR) is 113 cm³/mol. The van der Waals surface area contributed by atoms with Crippen molar-refractivity contribution < 1.29 is 9.53 Å². The number of ether oxygens (including phenoxy) is 1. The standard InChI is InChI=1S/C23H24BrNO2/c1-14-10-19-20(24)7-5-8-21(19)25(12-14)23(26)18-11-17(18)13-27-22-9-4-6-15(2)16(22)3/h4-10,17-18H,11-13H2,1-3H3. The average Bonchev–Trinajstić information content (AvgIpc) is 3.42. The summed E-state index contributed by atoms with van der Waals surface area (Å²) in [7, 11) is 0. The molecule has 27 heavy (non-hydrogen) atoms. The molecule has 1 aliphatic heterocycles. The summed E-state index contributed by atoms with van der Waals surface area (Å²) in [6, 6.07) is 12.2. The lowest BCUT2D eigenvalue weighted by Gasteiger charge is -2.29. The van der Waals surface area contributed by atoms with Gasteiger partial charge in [-0.15, -0.1) is 0 Å². The summed E-state index contributed by atoms with van der Waals surface area (Å²) < 4.78 is 7.06. The van der Waals surface area contributed by atoms with Crippen molar-refractivity contribution >= 4 is 33.6 Å². The van der Waals surface area contributed by atoms with Crippen molar-refractivity contribution in [3.05, 3.63) is 63.1 Å². The van der Waals surface area contributed by atoms with E-state index in [4.69, 9.17) is 4.74 Å². The van der Waals surface area contributed by atoms with Crippen molar-refractivity contribution in [3.8, 4) is 5.75 Å². The molecule has 1 fully saturated rings. The van der Waals surface area contributed by atoms with Crippen LogP contribution >= 0.6 is 15.9 Å². The Kier molecular flexibility index (Phi) is 4.85. The molecule has 1 heterocycles. The van der Waals surface area contributed by atoms with Gasteiger partial charge in [-0.2, -0.15) is 0 Å². The van der Waals surface area contributed by atoms with Gasteiger partial charge in [0.05, 0.1) is 12.3 Å². The number of carbonyl (C=O) groups excluding carboxylic acids is 1. The van der Waals surface area contributed by atoms with Gasteiger partial charge < -0.3 is 9.64 Å². The summed E-state index contributed by atoms with van der Waals surface area (Å²) in [5.74, 6) is 1.52. The number of aryl methyl sites for hydroxylation is 1. The molecule has 140 valence electrons. The highest BCUT2D eigenvalue weighted by atomic mass is 79.9. The Morgan fingerprint density at radius 2 is 1.96 bits per heavy atom. The van der Waals surface area contributed by atoms with Crippen molar-refractivity contribution in [2.45, 2.75) is 27.2 Å². The molecule has 3 nitrogen and oxygen atoms in total. The van der Waals surface area contributed by atoms with Gasteiger partial charge in [-0.05, 0) is 56.5 Å². The second kappa shape index (κ2) is 7.16. The van der Waals surface area contributed by atoms with Crippen LogP contribution in [0.3, 0.4) is 0 Å². The fraction of sp³-hybridized carbons (Fsp3) is 0.348. The lowest BCUT2D eigenvalue weighted by atomic mass is 10.0. The number of nitrogens with zero attached hydrogens (tertiary/aromatic N) is 1. The number of anilines is 1. The minimum absolute atomic E-state index is 0.0628. The van der Waals surface area contributed by atoms with E-state index >= 15 is 0 Å². The Morgan fingerprint density at radius 1 is 1.19 bits per heavy atom. The molecule has 2 aromatic carbocycles. The molecule has 0 aromatic heterocycles. The number of amides is 1. The topological polar surface area (TPSA) is 29.5 Å². The molecule has 0 radical (unpaired) electrons. The molecule has 1 aliphatic carbocycles. The minimum Gasteiger partial charge on any atom is -0.493 e. The Morgan fingerprint density at radius 3 is 2.78 bits per heavy atom. The van der Waals surface area contributed by atoms with Crippen molar-refractivity contribution in [2.75, 3.05) is 18.1 Å². The van der Waals surface area contributed by atoms with Crippen LogP contribution in [0.15, 0.2) is 46.4 Å². The summed E-state index contributed by atoms with van der Waals surface area (Å²) in [5.41, 5.74) is 5.70. The number of hydrogen-bond acceptors (Lipinski definition) is 2. The Balaban J connectivity index is 1.44. The van der Waals surface area contributed by atoms with Crippen molar-refractivity contribution in [1.29, 1.82) is 0 Å². The van der Waals surface area contributed by atoms with E-state index in [0.717, 1.165) is 27.9 Å². The van der Waals surface area contributed by atoms with Crippen LogP contribution in [0.2, 0.25) is 0 Å². The average molecular weight is 426 g/mol. The maximum atomic E-state index is 13.2. The molecule has 2 atom stereocenters. The smallest absolute Gasteiger partial charge is 0.230 e. The van der Waals surface area contributed by atoms with Crippen LogP contribution in [0.25, 0.3) is 6.08 Å². The zero-order valence-electron chi connectivity index (χ0n) is 16.0. The number of carbonyl (C=O) groups is 1. The van der Waals surface area contributed by atoms with Gasteiger partial charge in [-0.25, -0.2) is 0 Å². The molecule has 1 amide bonds. The molecule has 0 bridgehead atoms. The third-order valence-electron chi connectivity index (χ3n) is 5.63. The Hall–Kier alpha value is -2.07. The largest absolute Gasteiger partial charge is 0.493 e. The first kappa shape index (κ1) is 18.3. The van der Waals surface area contributed by atoms with E-state index in [2.05, 4.69) is 48.8 Å². The van der Waals surface area contributed by atoms with Crippen molar-refractivity contribution in [1.82, 2.24) is 0 Å². The predicted octanol–water partition coefficient (Wildman–Crippen LogP) is 5.53. The molecule has 0 spiro atoms. The van der Waals surface area contributed by atoms with Gasteiger partial charge >= 0.3 is 0 Å². The molecule has 4 rings (SSSR count). The van der Waals surface area contributed by atoms with E-state index in [9.17, 15) is 4.79 Å². The zero-order chi connectivity index (χ0) is 19.1. The molecule has 4 heteroatoms. The van der Waals surface area contributed by atoms with Crippen LogP contribution < -0.4 is 9.64 Å². The fourth-order valence-electron chi connectivity index (χ4n) is 3.74. The molecule has 2 aromatic rings. The Labute approximate surface area is 169 Å². The lowest BCUT2D eigenvalue weighted by molar-refractivity contribution is -0.120. The van der Waals surface area contributed by atoms with Crippen LogP contribution in [0.1, 0.15) is 30.0 Å². The summed E-state index contributed by atoms with van der Waals surface area (Å²) in [6.07, 6.45) is 3.07. The van der Waals surface area contributed by atoms with Crippen molar-refractivity contribution in [3.63, 3.8) is 0 Å². The lowest BCUT2D eigenvalue weighted by Crippen LogP contribution is -2.36. The highest BCUT2D eigenvalue weighted by Crippen LogP contribution is 2.43. The molecule has 2 unspecified atom stereocenters. The van der Waals surface area contributed by atoms with Gasteiger partial charge in [0.15, 0.2) is 0 Å². The van der Waals surface area contributed by atoms with Crippen LogP contribution in [-0.2, 0) is 4.79 Å².